The lowest BCUT2D eigenvalue weighted by molar-refractivity contribution is -0.00486. The summed E-state index contributed by atoms with van der Waals surface area (Å²) in [5, 5.41) is 0. The third-order valence-electron chi connectivity index (χ3n) is 2.70. The summed E-state index contributed by atoms with van der Waals surface area (Å²) in [6, 6.07) is 0. The molecule has 58 valence electrons. The molecule has 0 aliphatic heterocycles. The third kappa shape index (κ3) is 0.590. The van der Waals surface area contributed by atoms with Gasteiger partial charge in [-0.3, -0.25) is 0 Å². The Kier molecular flexibility index (Phi) is 0.812. The highest BCUT2D eigenvalue weighted by molar-refractivity contribution is 5.22. The molecule has 0 aromatic carbocycles. The number of rotatable bonds is 0. The Morgan fingerprint density at radius 1 is 1.20 bits per heavy atom. The number of hydrogen-bond donors (Lipinski definition) is 1. The van der Waals surface area contributed by atoms with Gasteiger partial charge >= 0.3 is 0 Å². The predicted molar refractivity (Wildman–Crippen MR) is 33.8 cm³/mol. The predicted octanol–water partition coefficient (Wildman–Crippen LogP) is 1.52. The van der Waals surface area contributed by atoms with Crippen molar-refractivity contribution in [2.45, 2.75) is 37.6 Å². The van der Waals surface area contributed by atoms with Crippen molar-refractivity contribution in [3.63, 3.8) is 0 Å². The van der Waals surface area contributed by atoms with Gasteiger partial charge in [-0.05, 0) is 19.8 Å². The lowest BCUT2D eigenvalue weighted by atomic mass is 9.67. The van der Waals surface area contributed by atoms with Crippen LogP contribution in [0.4, 0.5) is 8.78 Å². The van der Waals surface area contributed by atoms with Gasteiger partial charge in [-0.2, -0.15) is 0 Å². The highest BCUT2D eigenvalue weighted by atomic mass is 19.3. The van der Waals surface area contributed by atoms with Gasteiger partial charge in [0.1, 0.15) is 0 Å². The lowest BCUT2D eigenvalue weighted by Gasteiger charge is -2.42. The average molecular weight is 147 g/mol. The third-order valence-corrected chi connectivity index (χ3v) is 2.70. The SMILES string of the molecule is CC1(N)CC2(C1)CC2(F)F. The Morgan fingerprint density at radius 3 is 1.70 bits per heavy atom. The van der Waals surface area contributed by atoms with Crippen LogP contribution in [-0.2, 0) is 0 Å². The average Bonchev–Trinajstić information content (AvgIpc) is 2.01. The van der Waals surface area contributed by atoms with Crippen molar-refractivity contribution >= 4 is 0 Å². The molecule has 2 aliphatic carbocycles. The first-order chi connectivity index (χ1) is 4.37. The highest BCUT2D eigenvalue weighted by Crippen LogP contribution is 2.73. The standard InChI is InChI=1S/C7H11F2N/c1-5(10)2-6(3-5)4-7(6,8)9/h2-4,10H2,1H3. The molecule has 0 aromatic rings. The normalized spacial score (nSPS) is 56.4. The molecule has 10 heavy (non-hydrogen) atoms. The van der Waals surface area contributed by atoms with Gasteiger partial charge in [0.2, 0.25) is 0 Å². The van der Waals surface area contributed by atoms with Crippen molar-refractivity contribution in [2.24, 2.45) is 11.1 Å². The first kappa shape index (κ1) is 6.53. The summed E-state index contributed by atoms with van der Waals surface area (Å²) in [5.74, 6) is -2.38. The summed E-state index contributed by atoms with van der Waals surface area (Å²) < 4.78 is 25.0. The van der Waals surface area contributed by atoms with Crippen LogP contribution < -0.4 is 5.73 Å². The van der Waals surface area contributed by atoms with Gasteiger partial charge in [0, 0.05) is 17.4 Å². The first-order valence-corrected chi connectivity index (χ1v) is 3.54. The van der Waals surface area contributed by atoms with Crippen LogP contribution in [0.2, 0.25) is 0 Å². The quantitative estimate of drug-likeness (QED) is 0.552. The maximum Gasteiger partial charge on any atom is 0.254 e. The molecule has 2 N–H and O–H groups in total. The largest absolute Gasteiger partial charge is 0.325 e. The lowest BCUT2D eigenvalue weighted by Crippen LogP contribution is -2.52. The molecular formula is C7H11F2N. The second-order valence-corrected chi connectivity index (χ2v) is 4.17. The van der Waals surface area contributed by atoms with Crippen molar-refractivity contribution in [1.29, 1.82) is 0 Å². The minimum absolute atomic E-state index is 0.0762. The summed E-state index contributed by atoms with van der Waals surface area (Å²) in [6.45, 7) is 1.84. The van der Waals surface area contributed by atoms with E-state index in [9.17, 15) is 8.78 Å². The molecule has 0 amide bonds. The molecule has 2 fully saturated rings. The topological polar surface area (TPSA) is 26.0 Å². The minimum Gasteiger partial charge on any atom is -0.325 e. The van der Waals surface area contributed by atoms with Crippen LogP contribution in [0.25, 0.3) is 0 Å². The van der Waals surface area contributed by atoms with Crippen molar-refractivity contribution < 1.29 is 8.78 Å². The van der Waals surface area contributed by atoms with E-state index >= 15 is 0 Å². The van der Waals surface area contributed by atoms with Crippen LogP contribution >= 0.6 is 0 Å². The van der Waals surface area contributed by atoms with E-state index in [0.29, 0.717) is 12.8 Å². The van der Waals surface area contributed by atoms with E-state index in [1.807, 2.05) is 6.92 Å². The van der Waals surface area contributed by atoms with Crippen LogP contribution in [0.1, 0.15) is 26.2 Å². The maximum absolute atomic E-state index is 12.5. The molecule has 0 saturated heterocycles. The number of nitrogens with two attached hydrogens (primary N) is 1. The monoisotopic (exact) mass is 147 g/mol. The van der Waals surface area contributed by atoms with Gasteiger partial charge in [0.05, 0.1) is 0 Å². The van der Waals surface area contributed by atoms with E-state index in [2.05, 4.69) is 0 Å². The molecule has 0 unspecified atom stereocenters. The Morgan fingerprint density at radius 2 is 1.60 bits per heavy atom. The fourth-order valence-electron chi connectivity index (χ4n) is 2.26. The molecule has 0 aromatic heterocycles. The fourth-order valence-corrected chi connectivity index (χ4v) is 2.26. The smallest absolute Gasteiger partial charge is 0.254 e. The first-order valence-electron chi connectivity index (χ1n) is 3.54. The number of hydrogen-bond acceptors (Lipinski definition) is 1. The van der Waals surface area contributed by atoms with Crippen molar-refractivity contribution in [3.05, 3.63) is 0 Å². The molecule has 0 heterocycles. The van der Waals surface area contributed by atoms with E-state index in [4.69, 9.17) is 5.73 Å². The van der Waals surface area contributed by atoms with Crippen molar-refractivity contribution in [2.75, 3.05) is 0 Å². The number of halogens is 2. The van der Waals surface area contributed by atoms with E-state index < -0.39 is 11.3 Å². The molecule has 0 radical (unpaired) electrons. The zero-order valence-electron chi connectivity index (χ0n) is 5.95. The molecular weight excluding hydrogens is 136 g/mol. The van der Waals surface area contributed by atoms with Gasteiger partial charge in [0.25, 0.3) is 5.92 Å². The zero-order chi connectivity index (χ0) is 7.62. The molecule has 2 saturated carbocycles. The van der Waals surface area contributed by atoms with Crippen molar-refractivity contribution in [3.8, 4) is 0 Å². The Labute approximate surface area is 58.6 Å². The summed E-state index contributed by atoms with van der Waals surface area (Å²) in [7, 11) is 0. The molecule has 0 bridgehead atoms. The maximum atomic E-state index is 12.5. The number of alkyl halides is 2. The zero-order valence-corrected chi connectivity index (χ0v) is 5.95. The molecule has 2 aliphatic rings. The van der Waals surface area contributed by atoms with E-state index in [-0.39, 0.29) is 12.0 Å². The molecule has 1 nitrogen and oxygen atoms in total. The summed E-state index contributed by atoms with van der Waals surface area (Å²) >= 11 is 0. The van der Waals surface area contributed by atoms with Gasteiger partial charge in [-0.15, -0.1) is 0 Å². The van der Waals surface area contributed by atoms with Crippen LogP contribution in [0.3, 0.4) is 0 Å². The van der Waals surface area contributed by atoms with Gasteiger partial charge in [0.15, 0.2) is 0 Å². The van der Waals surface area contributed by atoms with Gasteiger partial charge < -0.3 is 5.73 Å². The van der Waals surface area contributed by atoms with E-state index in [1.54, 1.807) is 0 Å². The Bertz CT molecular complexity index is 178. The molecule has 0 atom stereocenters. The molecule has 2 rings (SSSR count). The van der Waals surface area contributed by atoms with E-state index in [1.165, 1.54) is 0 Å². The fraction of sp³-hybridized carbons (Fsp3) is 1.00. The summed E-state index contributed by atoms with van der Waals surface area (Å²) in [4.78, 5) is 0. The summed E-state index contributed by atoms with van der Waals surface area (Å²) in [6.07, 6.45) is 1.09. The Hall–Kier alpha value is -0.180. The minimum atomic E-state index is -2.38. The van der Waals surface area contributed by atoms with Gasteiger partial charge in [-0.25, -0.2) is 8.78 Å². The van der Waals surface area contributed by atoms with E-state index in [0.717, 1.165) is 0 Å². The molecule has 1 spiro atoms. The second kappa shape index (κ2) is 1.24. The van der Waals surface area contributed by atoms with Crippen LogP contribution in [0.5, 0.6) is 0 Å². The summed E-state index contributed by atoms with van der Waals surface area (Å²) in [5.41, 5.74) is 4.66. The van der Waals surface area contributed by atoms with Crippen molar-refractivity contribution in [1.82, 2.24) is 0 Å². The Balaban J connectivity index is 2.05. The van der Waals surface area contributed by atoms with Crippen LogP contribution in [0, 0.1) is 5.41 Å². The van der Waals surface area contributed by atoms with Gasteiger partial charge in [-0.1, -0.05) is 0 Å². The van der Waals surface area contributed by atoms with Crippen LogP contribution in [0.15, 0.2) is 0 Å². The highest BCUT2D eigenvalue weighted by Gasteiger charge is 2.77. The second-order valence-electron chi connectivity index (χ2n) is 4.17. The van der Waals surface area contributed by atoms with Crippen LogP contribution in [-0.4, -0.2) is 11.5 Å². The molecule has 3 heteroatoms.